The van der Waals surface area contributed by atoms with Crippen LogP contribution in [0.2, 0.25) is 0 Å². The molecule has 1 amide bonds. The minimum Gasteiger partial charge on any atom is -0.493 e. The van der Waals surface area contributed by atoms with Crippen LogP contribution in [0, 0.1) is 0 Å². The summed E-state index contributed by atoms with van der Waals surface area (Å²) >= 11 is 0. The SMILES string of the molecule is COc1ccc(-c2cc(CNC(=O)/C=C\c3cc(OC)c(OC)c(OC)c3)no2)cc1OC. The second-order valence-corrected chi connectivity index (χ2v) is 6.76. The normalized spacial score (nSPS) is 10.7. The predicted molar refractivity (Wildman–Crippen MR) is 122 cm³/mol. The number of carbonyl (C=O) groups is 1. The Morgan fingerprint density at radius 1 is 0.879 bits per heavy atom. The molecule has 3 aromatic rings. The van der Waals surface area contributed by atoms with E-state index in [4.69, 9.17) is 28.2 Å². The van der Waals surface area contributed by atoms with Crippen molar-refractivity contribution in [1.29, 1.82) is 0 Å². The summed E-state index contributed by atoms with van der Waals surface area (Å²) < 4.78 is 31.9. The highest BCUT2D eigenvalue weighted by Crippen LogP contribution is 2.38. The van der Waals surface area contributed by atoms with Crippen LogP contribution in [0.4, 0.5) is 0 Å². The van der Waals surface area contributed by atoms with E-state index in [9.17, 15) is 4.79 Å². The van der Waals surface area contributed by atoms with Gasteiger partial charge in [-0.25, -0.2) is 0 Å². The average Bonchev–Trinajstić information content (AvgIpc) is 3.34. The van der Waals surface area contributed by atoms with Gasteiger partial charge in [-0.1, -0.05) is 5.16 Å². The summed E-state index contributed by atoms with van der Waals surface area (Å²) in [6.45, 7) is 0.204. The summed E-state index contributed by atoms with van der Waals surface area (Å²) in [5, 5.41) is 6.79. The predicted octanol–water partition coefficient (Wildman–Crippen LogP) is 3.71. The standard InChI is InChI=1S/C24H26N2O7/c1-28-18-8-7-16(12-20(18)29-2)19-13-17(26-33-19)14-25-23(27)9-6-15-10-21(30-3)24(32-5)22(11-15)31-4/h6-13H,14H2,1-5H3,(H,25,27)/b9-6-. The molecule has 9 nitrogen and oxygen atoms in total. The van der Waals surface area contributed by atoms with Crippen LogP contribution in [0.15, 0.2) is 47.0 Å². The lowest BCUT2D eigenvalue weighted by atomic mass is 10.1. The first-order chi connectivity index (χ1) is 16.0. The third kappa shape index (κ3) is 5.57. The highest BCUT2D eigenvalue weighted by Gasteiger charge is 2.13. The summed E-state index contributed by atoms with van der Waals surface area (Å²) in [5.41, 5.74) is 2.08. The van der Waals surface area contributed by atoms with Gasteiger partial charge in [0, 0.05) is 17.7 Å². The Labute approximate surface area is 191 Å². The number of nitrogens with one attached hydrogen (secondary N) is 1. The molecular weight excluding hydrogens is 428 g/mol. The van der Waals surface area contributed by atoms with Crippen LogP contribution >= 0.6 is 0 Å². The molecule has 0 saturated carbocycles. The minimum absolute atomic E-state index is 0.204. The topological polar surface area (TPSA) is 101 Å². The Morgan fingerprint density at radius 2 is 1.55 bits per heavy atom. The lowest BCUT2D eigenvalue weighted by molar-refractivity contribution is -0.116. The smallest absolute Gasteiger partial charge is 0.244 e. The van der Waals surface area contributed by atoms with E-state index >= 15 is 0 Å². The number of methoxy groups -OCH3 is 5. The molecule has 0 fully saturated rings. The number of amides is 1. The molecule has 0 aliphatic rings. The molecule has 0 bridgehead atoms. The number of carbonyl (C=O) groups excluding carboxylic acids is 1. The second-order valence-electron chi connectivity index (χ2n) is 6.76. The fourth-order valence-corrected chi connectivity index (χ4v) is 3.13. The van der Waals surface area contributed by atoms with E-state index in [2.05, 4.69) is 10.5 Å². The molecule has 0 aliphatic heterocycles. The van der Waals surface area contributed by atoms with Crippen molar-refractivity contribution in [2.45, 2.75) is 6.54 Å². The zero-order chi connectivity index (χ0) is 23.8. The molecule has 1 aromatic heterocycles. The van der Waals surface area contributed by atoms with Gasteiger partial charge in [0.25, 0.3) is 0 Å². The van der Waals surface area contributed by atoms with Crippen molar-refractivity contribution in [3.05, 3.63) is 53.7 Å². The highest BCUT2D eigenvalue weighted by molar-refractivity contribution is 5.91. The van der Waals surface area contributed by atoms with Gasteiger partial charge in [-0.15, -0.1) is 0 Å². The molecule has 9 heteroatoms. The van der Waals surface area contributed by atoms with Gasteiger partial charge < -0.3 is 33.5 Å². The molecule has 0 atom stereocenters. The monoisotopic (exact) mass is 454 g/mol. The fraction of sp³-hybridized carbons (Fsp3) is 0.250. The molecule has 0 spiro atoms. The molecule has 1 heterocycles. The van der Waals surface area contributed by atoms with Gasteiger partial charge in [0.1, 0.15) is 5.69 Å². The van der Waals surface area contributed by atoms with Gasteiger partial charge in [-0.3, -0.25) is 4.79 Å². The molecule has 174 valence electrons. The lowest BCUT2D eigenvalue weighted by Gasteiger charge is -2.12. The molecule has 0 aliphatic carbocycles. The fourth-order valence-electron chi connectivity index (χ4n) is 3.13. The summed E-state index contributed by atoms with van der Waals surface area (Å²) in [5.74, 6) is 2.94. The quantitative estimate of drug-likeness (QED) is 0.463. The minimum atomic E-state index is -0.292. The number of benzene rings is 2. The number of hydrogen-bond acceptors (Lipinski definition) is 8. The summed E-state index contributed by atoms with van der Waals surface area (Å²) in [7, 11) is 7.73. The Kier molecular flexibility index (Phi) is 7.80. The van der Waals surface area contributed by atoms with Crippen molar-refractivity contribution in [2.75, 3.05) is 35.5 Å². The maximum atomic E-state index is 12.3. The number of hydrogen-bond donors (Lipinski definition) is 1. The molecule has 3 rings (SSSR count). The van der Waals surface area contributed by atoms with Crippen molar-refractivity contribution in [1.82, 2.24) is 10.5 Å². The van der Waals surface area contributed by atoms with Crippen molar-refractivity contribution in [3.8, 4) is 40.1 Å². The maximum absolute atomic E-state index is 12.3. The molecule has 2 aromatic carbocycles. The molecule has 0 saturated heterocycles. The van der Waals surface area contributed by atoms with Crippen LogP contribution in [0.3, 0.4) is 0 Å². The van der Waals surface area contributed by atoms with Gasteiger partial charge in [-0.05, 0) is 42.0 Å². The van der Waals surface area contributed by atoms with Crippen LogP contribution < -0.4 is 29.0 Å². The Morgan fingerprint density at radius 3 is 2.15 bits per heavy atom. The van der Waals surface area contributed by atoms with E-state index in [1.54, 1.807) is 50.6 Å². The molecule has 0 unspecified atom stereocenters. The molecular formula is C24H26N2O7. The van der Waals surface area contributed by atoms with Crippen LogP contribution in [0.1, 0.15) is 11.3 Å². The van der Waals surface area contributed by atoms with Crippen molar-refractivity contribution in [2.24, 2.45) is 0 Å². The average molecular weight is 454 g/mol. The van der Waals surface area contributed by atoms with E-state index in [0.717, 1.165) is 11.1 Å². The van der Waals surface area contributed by atoms with Crippen LogP contribution in [0.5, 0.6) is 28.7 Å². The molecule has 1 N–H and O–H groups in total. The zero-order valence-electron chi connectivity index (χ0n) is 19.1. The first-order valence-corrected chi connectivity index (χ1v) is 9.96. The third-order valence-corrected chi connectivity index (χ3v) is 4.78. The number of nitrogens with zero attached hydrogens (tertiary/aromatic N) is 1. The van der Waals surface area contributed by atoms with E-state index in [-0.39, 0.29) is 12.5 Å². The first kappa shape index (κ1) is 23.5. The summed E-state index contributed by atoms with van der Waals surface area (Å²) in [6, 6.07) is 10.7. The number of ether oxygens (including phenoxy) is 5. The summed E-state index contributed by atoms with van der Waals surface area (Å²) in [6.07, 6.45) is 3.06. The van der Waals surface area contributed by atoms with E-state index in [1.165, 1.54) is 27.4 Å². The lowest BCUT2D eigenvalue weighted by Crippen LogP contribution is -2.20. The Hall–Kier alpha value is -4.14. The molecule has 33 heavy (non-hydrogen) atoms. The van der Waals surface area contributed by atoms with Crippen molar-refractivity contribution < 1.29 is 33.0 Å². The van der Waals surface area contributed by atoms with E-state index in [1.807, 2.05) is 6.07 Å². The Balaban J connectivity index is 1.64. The third-order valence-electron chi connectivity index (χ3n) is 4.78. The van der Waals surface area contributed by atoms with E-state index in [0.29, 0.717) is 40.2 Å². The van der Waals surface area contributed by atoms with Crippen LogP contribution in [0.25, 0.3) is 17.4 Å². The van der Waals surface area contributed by atoms with Gasteiger partial charge in [0.05, 0.1) is 42.1 Å². The second kappa shape index (κ2) is 10.9. The zero-order valence-corrected chi connectivity index (χ0v) is 19.1. The van der Waals surface area contributed by atoms with Crippen LogP contribution in [-0.2, 0) is 11.3 Å². The van der Waals surface area contributed by atoms with Gasteiger partial charge in [0.15, 0.2) is 28.8 Å². The first-order valence-electron chi connectivity index (χ1n) is 9.96. The van der Waals surface area contributed by atoms with Gasteiger partial charge in [0.2, 0.25) is 11.7 Å². The summed E-state index contributed by atoms with van der Waals surface area (Å²) in [4.78, 5) is 12.3. The molecule has 0 radical (unpaired) electrons. The van der Waals surface area contributed by atoms with Gasteiger partial charge >= 0.3 is 0 Å². The highest BCUT2D eigenvalue weighted by atomic mass is 16.5. The van der Waals surface area contributed by atoms with Crippen molar-refractivity contribution in [3.63, 3.8) is 0 Å². The number of rotatable bonds is 10. The maximum Gasteiger partial charge on any atom is 0.244 e. The largest absolute Gasteiger partial charge is 0.493 e. The van der Waals surface area contributed by atoms with Crippen LogP contribution in [-0.4, -0.2) is 46.6 Å². The Bertz CT molecular complexity index is 1110. The van der Waals surface area contributed by atoms with E-state index < -0.39 is 0 Å². The number of aromatic nitrogens is 1. The van der Waals surface area contributed by atoms with Crippen molar-refractivity contribution >= 4 is 12.0 Å². The van der Waals surface area contributed by atoms with Gasteiger partial charge in [-0.2, -0.15) is 0 Å².